The largest absolute Gasteiger partial charge is 0.330 e. The molecule has 2 nitrogen and oxygen atoms in total. The third-order valence-corrected chi connectivity index (χ3v) is 2.87. The Bertz CT molecular complexity index is 317. The quantitative estimate of drug-likeness (QED) is 0.866. The van der Waals surface area contributed by atoms with Crippen LogP contribution < -0.4 is 11.1 Å². The Kier molecular flexibility index (Phi) is 5.22. The van der Waals surface area contributed by atoms with Gasteiger partial charge in [-0.1, -0.05) is 15.9 Å². The van der Waals surface area contributed by atoms with Gasteiger partial charge in [-0.05, 0) is 44.6 Å². The molecule has 1 rings (SSSR count). The third-order valence-electron chi connectivity index (χ3n) is 2.38. The molecule has 0 aromatic heterocycles. The molecule has 0 saturated heterocycles. The molecule has 1 aromatic rings. The van der Waals surface area contributed by atoms with E-state index in [0.717, 1.165) is 17.3 Å². The second kappa shape index (κ2) is 6.20. The molecule has 0 fully saturated rings. The Morgan fingerprint density at radius 1 is 1.53 bits per heavy atom. The first-order valence-corrected chi connectivity index (χ1v) is 5.80. The van der Waals surface area contributed by atoms with Crippen molar-refractivity contribution in [2.45, 2.75) is 18.9 Å². The van der Waals surface area contributed by atoms with E-state index in [0.29, 0.717) is 12.1 Å². The van der Waals surface area contributed by atoms with E-state index in [1.165, 1.54) is 6.07 Å². The van der Waals surface area contributed by atoms with Gasteiger partial charge in [-0.3, -0.25) is 0 Å². The lowest BCUT2D eigenvalue weighted by Crippen LogP contribution is -2.18. The standard InChI is InChI=1S/C11H16BrFN2/c1-15-11(3-2-6-14)9-7-8(12)4-5-10(9)13/h4-5,7,11,15H,2-3,6,14H2,1H3. The van der Waals surface area contributed by atoms with Gasteiger partial charge in [0.15, 0.2) is 0 Å². The van der Waals surface area contributed by atoms with Gasteiger partial charge in [-0.25, -0.2) is 4.39 Å². The minimum absolute atomic E-state index is 0.0334. The molecule has 84 valence electrons. The molecule has 0 aliphatic heterocycles. The highest BCUT2D eigenvalue weighted by atomic mass is 79.9. The van der Waals surface area contributed by atoms with Crippen molar-refractivity contribution in [1.29, 1.82) is 0 Å². The van der Waals surface area contributed by atoms with E-state index >= 15 is 0 Å². The van der Waals surface area contributed by atoms with Crippen molar-refractivity contribution in [3.63, 3.8) is 0 Å². The van der Waals surface area contributed by atoms with Crippen LogP contribution in [0.15, 0.2) is 22.7 Å². The van der Waals surface area contributed by atoms with Crippen LogP contribution >= 0.6 is 15.9 Å². The summed E-state index contributed by atoms with van der Waals surface area (Å²) >= 11 is 3.34. The van der Waals surface area contributed by atoms with E-state index in [1.807, 2.05) is 13.1 Å². The third kappa shape index (κ3) is 3.55. The summed E-state index contributed by atoms with van der Waals surface area (Å²) in [6.07, 6.45) is 1.73. The van der Waals surface area contributed by atoms with Crippen LogP contribution in [0.4, 0.5) is 4.39 Å². The van der Waals surface area contributed by atoms with Crippen LogP contribution in [-0.2, 0) is 0 Å². The first-order valence-electron chi connectivity index (χ1n) is 5.01. The molecule has 0 spiro atoms. The van der Waals surface area contributed by atoms with Gasteiger partial charge in [0.1, 0.15) is 5.82 Å². The second-order valence-corrected chi connectivity index (χ2v) is 4.35. The highest BCUT2D eigenvalue weighted by molar-refractivity contribution is 9.10. The SMILES string of the molecule is CNC(CCCN)c1cc(Br)ccc1F. The summed E-state index contributed by atoms with van der Waals surface area (Å²) in [6.45, 7) is 0.633. The Labute approximate surface area is 98.2 Å². The molecule has 0 aliphatic rings. The smallest absolute Gasteiger partial charge is 0.128 e. The van der Waals surface area contributed by atoms with Crippen LogP contribution in [0.25, 0.3) is 0 Å². The highest BCUT2D eigenvalue weighted by Crippen LogP contribution is 2.24. The van der Waals surface area contributed by atoms with Crippen molar-refractivity contribution in [3.8, 4) is 0 Å². The first kappa shape index (κ1) is 12.6. The second-order valence-electron chi connectivity index (χ2n) is 3.44. The van der Waals surface area contributed by atoms with Crippen LogP contribution in [0.1, 0.15) is 24.4 Å². The lowest BCUT2D eigenvalue weighted by molar-refractivity contribution is 0.497. The number of halogens is 2. The predicted octanol–water partition coefficient (Wildman–Crippen LogP) is 2.59. The molecule has 4 heteroatoms. The molecule has 1 unspecified atom stereocenters. The Morgan fingerprint density at radius 3 is 2.87 bits per heavy atom. The molecular weight excluding hydrogens is 259 g/mol. The van der Waals surface area contributed by atoms with Gasteiger partial charge >= 0.3 is 0 Å². The highest BCUT2D eigenvalue weighted by Gasteiger charge is 2.13. The number of benzene rings is 1. The van der Waals surface area contributed by atoms with Gasteiger partial charge in [-0.15, -0.1) is 0 Å². The maximum Gasteiger partial charge on any atom is 0.128 e. The number of rotatable bonds is 5. The Balaban J connectivity index is 2.85. The zero-order valence-electron chi connectivity index (χ0n) is 8.76. The van der Waals surface area contributed by atoms with Crippen molar-refractivity contribution >= 4 is 15.9 Å². The maximum absolute atomic E-state index is 13.5. The van der Waals surface area contributed by atoms with Gasteiger partial charge in [-0.2, -0.15) is 0 Å². The molecule has 0 aliphatic carbocycles. The van der Waals surface area contributed by atoms with Gasteiger partial charge in [0.25, 0.3) is 0 Å². The first-order chi connectivity index (χ1) is 7.19. The molecule has 1 aromatic carbocycles. The van der Waals surface area contributed by atoms with Crippen LogP contribution in [0, 0.1) is 5.82 Å². The number of nitrogens with two attached hydrogens (primary N) is 1. The lowest BCUT2D eigenvalue weighted by Gasteiger charge is -2.17. The average molecular weight is 275 g/mol. The molecule has 0 bridgehead atoms. The van der Waals surface area contributed by atoms with Crippen molar-refractivity contribution in [2.75, 3.05) is 13.6 Å². The molecule has 0 heterocycles. The normalized spacial score (nSPS) is 12.8. The van der Waals surface area contributed by atoms with Crippen molar-refractivity contribution in [3.05, 3.63) is 34.1 Å². The predicted molar refractivity (Wildman–Crippen MR) is 64.2 cm³/mol. The van der Waals surface area contributed by atoms with Gasteiger partial charge in [0.2, 0.25) is 0 Å². The van der Waals surface area contributed by atoms with Crippen LogP contribution in [0.2, 0.25) is 0 Å². The van der Waals surface area contributed by atoms with E-state index in [4.69, 9.17) is 5.73 Å². The Hall–Kier alpha value is -0.450. The van der Waals surface area contributed by atoms with E-state index in [1.54, 1.807) is 6.07 Å². The van der Waals surface area contributed by atoms with Gasteiger partial charge < -0.3 is 11.1 Å². The molecule has 0 saturated carbocycles. The minimum atomic E-state index is -0.172. The molecule has 3 N–H and O–H groups in total. The summed E-state index contributed by atoms with van der Waals surface area (Å²) in [7, 11) is 1.83. The molecular formula is C11H16BrFN2. The zero-order valence-corrected chi connectivity index (χ0v) is 10.3. The summed E-state index contributed by atoms with van der Waals surface area (Å²) < 4.78 is 14.4. The van der Waals surface area contributed by atoms with Gasteiger partial charge in [0.05, 0.1) is 0 Å². The minimum Gasteiger partial charge on any atom is -0.330 e. The maximum atomic E-state index is 13.5. The van der Waals surface area contributed by atoms with E-state index in [2.05, 4.69) is 21.2 Å². The zero-order chi connectivity index (χ0) is 11.3. The summed E-state index contributed by atoms with van der Waals surface area (Å²) in [5, 5.41) is 3.10. The lowest BCUT2D eigenvalue weighted by atomic mass is 10.0. The van der Waals surface area contributed by atoms with E-state index in [-0.39, 0.29) is 11.9 Å². The fourth-order valence-corrected chi connectivity index (χ4v) is 1.94. The Morgan fingerprint density at radius 2 is 2.27 bits per heavy atom. The number of hydrogen-bond donors (Lipinski definition) is 2. The fourth-order valence-electron chi connectivity index (χ4n) is 1.56. The summed E-state index contributed by atoms with van der Waals surface area (Å²) in [5.41, 5.74) is 6.14. The molecule has 0 amide bonds. The van der Waals surface area contributed by atoms with E-state index in [9.17, 15) is 4.39 Å². The van der Waals surface area contributed by atoms with Crippen molar-refractivity contribution < 1.29 is 4.39 Å². The van der Waals surface area contributed by atoms with Crippen LogP contribution in [0.3, 0.4) is 0 Å². The fraction of sp³-hybridized carbons (Fsp3) is 0.455. The molecule has 1 atom stereocenters. The summed E-state index contributed by atoms with van der Waals surface area (Å²) in [4.78, 5) is 0. The summed E-state index contributed by atoms with van der Waals surface area (Å²) in [6, 6.07) is 5.03. The van der Waals surface area contributed by atoms with Crippen LogP contribution in [-0.4, -0.2) is 13.6 Å². The summed E-state index contributed by atoms with van der Waals surface area (Å²) in [5.74, 6) is -0.172. The molecule has 0 radical (unpaired) electrons. The van der Waals surface area contributed by atoms with Crippen LogP contribution in [0.5, 0.6) is 0 Å². The van der Waals surface area contributed by atoms with Crippen molar-refractivity contribution in [2.24, 2.45) is 5.73 Å². The topological polar surface area (TPSA) is 38.0 Å². The average Bonchev–Trinajstić information content (AvgIpc) is 2.24. The monoisotopic (exact) mass is 274 g/mol. The van der Waals surface area contributed by atoms with E-state index < -0.39 is 0 Å². The molecule has 15 heavy (non-hydrogen) atoms. The number of nitrogens with one attached hydrogen (secondary N) is 1. The number of hydrogen-bond acceptors (Lipinski definition) is 2. The van der Waals surface area contributed by atoms with Gasteiger partial charge in [0, 0.05) is 16.1 Å². The van der Waals surface area contributed by atoms with Crippen molar-refractivity contribution in [1.82, 2.24) is 5.32 Å².